The van der Waals surface area contributed by atoms with Crippen molar-refractivity contribution in [1.29, 1.82) is 0 Å². The van der Waals surface area contributed by atoms with Crippen molar-refractivity contribution in [2.45, 2.75) is 0 Å². The molecule has 0 aliphatic heterocycles. The summed E-state index contributed by atoms with van der Waals surface area (Å²) < 4.78 is 15.3. The summed E-state index contributed by atoms with van der Waals surface area (Å²) in [6, 6.07) is 81.4. The molecule has 2 nitrogen and oxygen atoms in total. The molecule has 0 atom stereocenters. The van der Waals surface area contributed by atoms with Gasteiger partial charge in [0.15, 0.2) is 0 Å². The predicted molar refractivity (Wildman–Crippen MR) is 221 cm³/mol. The standard InChI is InChI=1S/C48H38O2Si2/c1-7-23-39(24-8-1)45-35-19-21-37-47(45)51(41-27-11-3-12-28-41,42-29-13-4-14-30-42)49-50-52(43-31-15-5-16-32-43,44-33-17-6-18-34-44)48-38-22-20-36-46(48)40-25-9-2-10-26-40/h1-38H. The van der Waals surface area contributed by atoms with Crippen LogP contribution in [0.3, 0.4) is 0 Å². The smallest absolute Gasteiger partial charge is 0.279 e. The van der Waals surface area contributed by atoms with Crippen LogP contribution in [0.15, 0.2) is 231 Å². The van der Waals surface area contributed by atoms with Crippen LogP contribution in [-0.4, -0.2) is 16.6 Å². The Kier molecular flexibility index (Phi) is 9.70. The maximum absolute atomic E-state index is 7.67. The van der Waals surface area contributed by atoms with Crippen molar-refractivity contribution in [1.82, 2.24) is 0 Å². The van der Waals surface area contributed by atoms with Gasteiger partial charge in [0.2, 0.25) is 0 Å². The fourth-order valence-corrected chi connectivity index (χ4v) is 15.4. The van der Waals surface area contributed by atoms with E-state index in [4.69, 9.17) is 9.15 Å². The molecule has 0 amide bonds. The van der Waals surface area contributed by atoms with Crippen molar-refractivity contribution in [2.24, 2.45) is 0 Å². The Hall–Kier alpha value is -5.89. The van der Waals surface area contributed by atoms with Crippen molar-refractivity contribution in [3.8, 4) is 22.3 Å². The summed E-state index contributed by atoms with van der Waals surface area (Å²) in [5.74, 6) is 0. The number of benzene rings is 8. The van der Waals surface area contributed by atoms with Crippen LogP contribution in [-0.2, 0) is 9.15 Å². The molecule has 0 unspecified atom stereocenters. The van der Waals surface area contributed by atoms with Gasteiger partial charge in [-0.15, -0.1) is 0 Å². The molecule has 0 fully saturated rings. The zero-order valence-electron chi connectivity index (χ0n) is 28.8. The largest absolute Gasteiger partial charge is 0.330 e. The predicted octanol–water partition coefficient (Wildman–Crippen LogP) is 7.60. The van der Waals surface area contributed by atoms with Gasteiger partial charge >= 0.3 is 16.6 Å². The molecule has 0 heterocycles. The summed E-state index contributed by atoms with van der Waals surface area (Å²) in [5, 5.41) is 6.66. The molecule has 0 saturated heterocycles. The second-order valence-corrected chi connectivity index (χ2v) is 19.3. The Morgan fingerprint density at radius 2 is 0.462 bits per heavy atom. The van der Waals surface area contributed by atoms with Crippen LogP contribution in [0.1, 0.15) is 0 Å². The van der Waals surface area contributed by atoms with Gasteiger partial charge in [0.1, 0.15) is 0 Å². The van der Waals surface area contributed by atoms with Gasteiger partial charge < -0.3 is 0 Å². The van der Waals surface area contributed by atoms with Crippen molar-refractivity contribution < 1.29 is 9.15 Å². The van der Waals surface area contributed by atoms with E-state index in [9.17, 15) is 0 Å². The van der Waals surface area contributed by atoms with Crippen molar-refractivity contribution >= 4 is 47.8 Å². The van der Waals surface area contributed by atoms with Gasteiger partial charge in [-0.25, -0.2) is 0 Å². The second kappa shape index (κ2) is 15.2. The van der Waals surface area contributed by atoms with Crippen LogP contribution in [0.25, 0.3) is 22.3 Å². The lowest BCUT2D eigenvalue weighted by Gasteiger charge is -2.39. The fourth-order valence-electron chi connectivity index (χ4n) is 7.37. The first kappa shape index (κ1) is 33.3. The monoisotopic (exact) mass is 702 g/mol. The Labute approximate surface area is 308 Å². The first-order chi connectivity index (χ1) is 25.8. The molecule has 0 spiro atoms. The highest BCUT2D eigenvalue weighted by Gasteiger charge is 2.51. The van der Waals surface area contributed by atoms with E-state index in [0.717, 1.165) is 53.4 Å². The van der Waals surface area contributed by atoms with Crippen molar-refractivity contribution in [3.05, 3.63) is 231 Å². The van der Waals surface area contributed by atoms with E-state index in [-0.39, 0.29) is 0 Å². The van der Waals surface area contributed by atoms with Crippen LogP contribution in [0, 0.1) is 0 Å². The van der Waals surface area contributed by atoms with Crippen LogP contribution in [0.4, 0.5) is 0 Å². The highest BCUT2D eigenvalue weighted by Crippen LogP contribution is 2.26. The molecule has 8 aromatic carbocycles. The minimum Gasteiger partial charge on any atom is -0.279 e. The zero-order chi connectivity index (χ0) is 35.1. The third kappa shape index (κ3) is 6.19. The molecule has 0 aliphatic carbocycles. The summed E-state index contributed by atoms with van der Waals surface area (Å²) in [6.07, 6.45) is 0. The highest BCUT2D eigenvalue weighted by atomic mass is 28.4. The normalized spacial score (nSPS) is 11.6. The van der Waals surface area contributed by atoms with Crippen LogP contribution in [0.5, 0.6) is 0 Å². The summed E-state index contributed by atoms with van der Waals surface area (Å²) in [6.45, 7) is 0. The third-order valence-corrected chi connectivity index (χ3v) is 17.6. The molecule has 0 saturated carbocycles. The quantitative estimate of drug-likeness (QED) is 0.0599. The van der Waals surface area contributed by atoms with E-state index in [0.29, 0.717) is 0 Å². The molecule has 4 heteroatoms. The SMILES string of the molecule is c1ccc(-c2ccccc2[Si](OO[Si](c2ccccc2)(c2ccccc2)c2ccccc2-c2ccccc2)(c2ccccc2)c2ccccc2)cc1. The minimum atomic E-state index is -3.44. The first-order valence-electron chi connectivity index (χ1n) is 17.7. The van der Waals surface area contributed by atoms with Gasteiger partial charge in [-0.3, -0.25) is 9.15 Å². The molecule has 0 bridgehead atoms. The van der Waals surface area contributed by atoms with E-state index in [1.807, 2.05) is 0 Å². The van der Waals surface area contributed by atoms with Crippen LogP contribution >= 0.6 is 0 Å². The lowest BCUT2D eigenvalue weighted by atomic mass is 10.1. The molecule has 8 rings (SSSR count). The Morgan fingerprint density at radius 3 is 0.750 bits per heavy atom. The fraction of sp³-hybridized carbons (Fsp3) is 0. The van der Waals surface area contributed by atoms with Crippen molar-refractivity contribution in [3.63, 3.8) is 0 Å². The van der Waals surface area contributed by atoms with Crippen LogP contribution in [0.2, 0.25) is 0 Å². The van der Waals surface area contributed by atoms with Gasteiger partial charge in [-0.2, -0.15) is 0 Å². The van der Waals surface area contributed by atoms with Gasteiger partial charge in [0, 0.05) is 0 Å². The first-order valence-corrected chi connectivity index (χ1v) is 21.5. The summed E-state index contributed by atoms with van der Waals surface area (Å²) in [7, 11) is -6.89. The van der Waals surface area contributed by atoms with Gasteiger partial charge in [0.25, 0.3) is 0 Å². The summed E-state index contributed by atoms with van der Waals surface area (Å²) in [4.78, 5) is 0. The van der Waals surface area contributed by atoms with Crippen molar-refractivity contribution in [2.75, 3.05) is 0 Å². The molecule has 8 aromatic rings. The Balaban J connectivity index is 1.45. The maximum atomic E-state index is 7.67. The molecule has 0 aromatic heterocycles. The van der Waals surface area contributed by atoms with Crippen LogP contribution < -0.4 is 31.1 Å². The molecule has 0 N–H and O–H groups in total. The zero-order valence-corrected chi connectivity index (χ0v) is 30.8. The summed E-state index contributed by atoms with van der Waals surface area (Å²) in [5.41, 5.74) is 4.52. The summed E-state index contributed by atoms with van der Waals surface area (Å²) >= 11 is 0. The number of rotatable bonds is 11. The Bertz CT molecular complexity index is 2090. The average molecular weight is 703 g/mol. The molecular formula is C48H38O2Si2. The molecule has 0 radical (unpaired) electrons. The molecule has 0 aliphatic rings. The van der Waals surface area contributed by atoms with E-state index >= 15 is 0 Å². The molecule has 250 valence electrons. The number of hydrogen-bond donors (Lipinski definition) is 0. The third-order valence-electron chi connectivity index (χ3n) is 9.80. The maximum Gasteiger partial charge on any atom is 0.330 e. The van der Waals surface area contributed by atoms with Gasteiger partial charge in [0.05, 0.1) is 0 Å². The van der Waals surface area contributed by atoms with E-state index in [2.05, 4.69) is 231 Å². The second-order valence-electron chi connectivity index (χ2n) is 12.8. The van der Waals surface area contributed by atoms with E-state index < -0.39 is 16.6 Å². The van der Waals surface area contributed by atoms with Gasteiger partial charge in [-0.1, -0.05) is 231 Å². The average Bonchev–Trinajstić information content (AvgIpc) is 3.25. The topological polar surface area (TPSA) is 18.5 Å². The Morgan fingerprint density at radius 1 is 0.231 bits per heavy atom. The van der Waals surface area contributed by atoms with E-state index in [1.165, 1.54) is 0 Å². The molecule has 52 heavy (non-hydrogen) atoms. The highest BCUT2D eigenvalue weighted by molar-refractivity contribution is 7.10. The van der Waals surface area contributed by atoms with E-state index in [1.54, 1.807) is 0 Å². The minimum absolute atomic E-state index is 1.10. The number of hydrogen-bond acceptors (Lipinski definition) is 2. The van der Waals surface area contributed by atoms with Gasteiger partial charge in [-0.05, 0) is 53.4 Å². The molecular weight excluding hydrogens is 665 g/mol. The lowest BCUT2D eigenvalue weighted by Crippen LogP contribution is -2.75. The lowest BCUT2D eigenvalue weighted by molar-refractivity contribution is -0.112.